The van der Waals surface area contributed by atoms with Crippen molar-refractivity contribution in [1.82, 2.24) is 4.31 Å². The number of hydrogen-bond donors (Lipinski definition) is 1. The molecule has 1 aliphatic heterocycles. The maximum absolute atomic E-state index is 13.3. The Kier molecular flexibility index (Phi) is 7.80. The lowest BCUT2D eigenvalue weighted by Gasteiger charge is -2.44. The van der Waals surface area contributed by atoms with Crippen LogP contribution in [0.3, 0.4) is 0 Å². The van der Waals surface area contributed by atoms with Gasteiger partial charge in [-0.2, -0.15) is 0 Å². The Morgan fingerprint density at radius 3 is 2.29 bits per heavy atom. The molecule has 0 atom stereocenters. The highest BCUT2D eigenvalue weighted by atomic mass is 32.2. The molecule has 0 bridgehead atoms. The van der Waals surface area contributed by atoms with E-state index >= 15 is 0 Å². The minimum absolute atomic E-state index is 0.0920. The van der Waals surface area contributed by atoms with Gasteiger partial charge in [0.05, 0.1) is 0 Å². The highest BCUT2D eigenvalue weighted by Gasteiger charge is 2.47. The number of benzene rings is 1. The van der Waals surface area contributed by atoms with Crippen LogP contribution in [0.1, 0.15) is 60.8 Å². The summed E-state index contributed by atoms with van der Waals surface area (Å²) in [5.74, 6) is 6.47. The maximum atomic E-state index is 13.3. The van der Waals surface area contributed by atoms with Gasteiger partial charge in [0.2, 0.25) is 0 Å². The smallest absolute Gasteiger partial charge is 0.148 e. The summed E-state index contributed by atoms with van der Waals surface area (Å²) in [5.41, 5.74) is 8.99. The second-order valence-electron chi connectivity index (χ2n) is 8.66. The molecule has 164 valence electrons. The van der Waals surface area contributed by atoms with Gasteiger partial charge in [0.25, 0.3) is 0 Å². The third kappa shape index (κ3) is 5.50. The van der Waals surface area contributed by atoms with Crippen LogP contribution >= 0.6 is 11.9 Å². The Hall–Kier alpha value is -2.29. The largest absolute Gasteiger partial charge is 0.405 e. The molecule has 1 aromatic rings. The lowest BCUT2D eigenvalue weighted by Crippen LogP contribution is -2.45. The van der Waals surface area contributed by atoms with E-state index in [2.05, 4.69) is 22.2 Å². The molecule has 2 aliphatic rings. The molecule has 4 nitrogen and oxygen atoms in total. The molecule has 0 radical (unpaired) electrons. The van der Waals surface area contributed by atoms with Crippen molar-refractivity contribution in [2.45, 2.75) is 52.4 Å². The van der Waals surface area contributed by atoms with E-state index in [1.807, 2.05) is 45.1 Å². The van der Waals surface area contributed by atoms with Gasteiger partial charge in [-0.1, -0.05) is 30.0 Å². The van der Waals surface area contributed by atoms with Gasteiger partial charge in [-0.25, -0.2) is 0 Å². The molecule has 1 heterocycles. The number of nitrogens with zero attached hydrogens (tertiary/aromatic N) is 1. The molecule has 31 heavy (non-hydrogen) atoms. The van der Waals surface area contributed by atoms with Crippen LogP contribution in [0, 0.1) is 31.1 Å². The zero-order chi connectivity index (χ0) is 22.4. The molecular formula is C26H32N2O2S. The van der Waals surface area contributed by atoms with E-state index in [9.17, 15) is 9.59 Å². The number of nitrogens with two attached hydrogens (primary N) is 1. The van der Waals surface area contributed by atoms with Crippen LogP contribution in [0.5, 0.6) is 0 Å². The van der Waals surface area contributed by atoms with E-state index in [-0.39, 0.29) is 17.0 Å². The number of carbonyl (C=O) groups excluding carboxylic acids is 2. The van der Waals surface area contributed by atoms with E-state index < -0.39 is 5.92 Å². The van der Waals surface area contributed by atoms with Crippen molar-refractivity contribution in [2.75, 3.05) is 18.8 Å². The van der Waals surface area contributed by atoms with Gasteiger partial charge in [0.15, 0.2) is 0 Å². The van der Waals surface area contributed by atoms with Gasteiger partial charge in [0, 0.05) is 37.2 Å². The minimum Gasteiger partial charge on any atom is -0.405 e. The van der Waals surface area contributed by atoms with E-state index in [1.54, 1.807) is 11.9 Å². The standard InChI is InChI=1S/C26H32N2O2S/c1-4-8-21-15-19(2)24(20(3)16-21)25-22(29)17-26(18-23(25)30)9-12-28(13-10-26)31-14-7-5-6-11-27/h5-7,11,15-16,25H,9-10,12-14,17-18,27H2,1-3H3/b7-5-,11-6-. The number of rotatable bonds is 5. The molecule has 0 aromatic heterocycles. The van der Waals surface area contributed by atoms with Crippen molar-refractivity contribution in [3.05, 3.63) is 58.8 Å². The number of piperidine rings is 1. The van der Waals surface area contributed by atoms with Crippen LogP contribution in [0.2, 0.25) is 0 Å². The maximum Gasteiger partial charge on any atom is 0.148 e. The Labute approximate surface area is 190 Å². The molecule has 1 saturated carbocycles. The molecule has 5 heteroatoms. The minimum atomic E-state index is -0.609. The third-order valence-corrected chi connectivity index (χ3v) is 7.46. The summed E-state index contributed by atoms with van der Waals surface area (Å²) < 4.78 is 2.35. The van der Waals surface area contributed by atoms with Crippen molar-refractivity contribution in [3.8, 4) is 11.8 Å². The van der Waals surface area contributed by atoms with Crippen molar-refractivity contribution >= 4 is 23.5 Å². The van der Waals surface area contributed by atoms with E-state index in [0.29, 0.717) is 12.8 Å². The van der Waals surface area contributed by atoms with E-state index in [1.165, 1.54) is 6.20 Å². The Bertz CT molecular complexity index is 916. The molecule has 1 spiro atoms. The highest BCUT2D eigenvalue weighted by molar-refractivity contribution is 7.97. The van der Waals surface area contributed by atoms with Gasteiger partial charge in [-0.05, 0) is 80.1 Å². The Morgan fingerprint density at radius 1 is 1.13 bits per heavy atom. The monoisotopic (exact) mass is 436 g/mol. The molecule has 3 rings (SSSR count). The summed E-state index contributed by atoms with van der Waals surface area (Å²) in [6.45, 7) is 7.62. The SMILES string of the molecule is CC#Cc1cc(C)c(C2C(=O)CC3(CCN(SC/C=C\C=C/N)CC3)CC2=O)c(C)c1. The summed E-state index contributed by atoms with van der Waals surface area (Å²) in [6, 6.07) is 3.99. The molecule has 0 amide bonds. The fourth-order valence-corrected chi connectivity index (χ4v) is 5.79. The van der Waals surface area contributed by atoms with Gasteiger partial charge in [-0.3, -0.25) is 13.9 Å². The predicted octanol–water partition coefficient (Wildman–Crippen LogP) is 4.45. The van der Waals surface area contributed by atoms with Gasteiger partial charge in [0.1, 0.15) is 17.5 Å². The summed E-state index contributed by atoms with van der Waals surface area (Å²) in [5, 5.41) is 0. The summed E-state index contributed by atoms with van der Waals surface area (Å²) >= 11 is 1.79. The van der Waals surface area contributed by atoms with Crippen LogP contribution in [0.25, 0.3) is 0 Å². The highest BCUT2D eigenvalue weighted by Crippen LogP contribution is 2.47. The van der Waals surface area contributed by atoms with Crippen molar-refractivity contribution < 1.29 is 9.59 Å². The number of hydrogen-bond acceptors (Lipinski definition) is 5. The fourth-order valence-electron chi connectivity index (χ4n) is 4.94. The van der Waals surface area contributed by atoms with Crippen molar-refractivity contribution in [3.63, 3.8) is 0 Å². The summed E-state index contributed by atoms with van der Waals surface area (Å²) in [4.78, 5) is 26.5. The zero-order valence-electron chi connectivity index (χ0n) is 18.7. The average Bonchev–Trinajstić information content (AvgIpc) is 2.71. The third-order valence-electron chi connectivity index (χ3n) is 6.39. The first-order valence-electron chi connectivity index (χ1n) is 10.9. The summed E-state index contributed by atoms with van der Waals surface area (Å²) in [6.07, 6.45) is 10.2. The molecule has 1 saturated heterocycles. The molecule has 1 aliphatic carbocycles. The summed E-state index contributed by atoms with van der Waals surface area (Å²) in [7, 11) is 0. The van der Waals surface area contributed by atoms with E-state index in [0.717, 1.165) is 53.9 Å². The van der Waals surface area contributed by atoms with Crippen molar-refractivity contribution in [1.29, 1.82) is 0 Å². The Morgan fingerprint density at radius 2 is 1.74 bits per heavy atom. The molecule has 2 N–H and O–H groups in total. The predicted molar refractivity (Wildman–Crippen MR) is 129 cm³/mol. The van der Waals surface area contributed by atoms with E-state index in [4.69, 9.17) is 5.73 Å². The Balaban J connectivity index is 1.67. The van der Waals surface area contributed by atoms with Gasteiger partial charge in [-0.15, -0.1) is 5.92 Å². The average molecular weight is 437 g/mol. The van der Waals surface area contributed by atoms with Crippen molar-refractivity contribution in [2.24, 2.45) is 11.1 Å². The second-order valence-corrected chi connectivity index (χ2v) is 9.76. The number of carbonyl (C=O) groups is 2. The van der Waals surface area contributed by atoms with Crippen LogP contribution in [-0.4, -0.2) is 34.7 Å². The van der Waals surface area contributed by atoms with Crippen LogP contribution < -0.4 is 5.73 Å². The number of aryl methyl sites for hydroxylation is 2. The van der Waals surface area contributed by atoms with Gasteiger partial charge < -0.3 is 5.73 Å². The first kappa shape index (κ1) is 23.4. The van der Waals surface area contributed by atoms with Gasteiger partial charge >= 0.3 is 0 Å². The van der Waals surface area contributed by atoms with Crippen LogP contribution in [0.4, 0.5) is 0 Å². The van der Waals surface area contributed by atoms with Crippen LogP contribution in [0.15, 0.2) is 36.6 Å². The zero-order valence-corrected chi connectivity index (χ0v) is 19.6. The topological polar surface area (TPSA) is 63.4 Å². The normalized spacial score (nSPS) is 20.0. The molecule has 0 unspecified atom stereocenters. The lowest BCUT2D eigenvalue weighted by molar-refractivity contribution is -0.137. The number of allylic oxidation sites excluding steroid dienone is 2. The quantitative estimate of drug-likeness (QED) is 0.320. The molecule has 1 aromatic carbocycles. The van der Waals surface area contributed by atoms with Crippen LogP contribution in [-0.2, 0) is 9.59 Å². The first-order chi connectivity index (χ1) is 14.9. The fraction of sp³-hybridized carbons (Fsp3) is 0.462. The molecule has 2 fully saturated rings. The lowest BCUT2D eigenvalue weighted by atomic mass is 9.63. The first-order valence-corrected chi connectivity index (χ1v) is 11.8. The number of ketones is 2. The molecular weight excluding hydrogens is 404 g/mol. The second kappa shape index (κ2) is 10.3. The number of Topliss-reactive ketones (excluding diaryl/α,β-unsaturated/α-hetero) is 2.